The van der Waals surface area contributed by atoms with Crippen LogP contribution in [0, 0.1) is 5.82 Å². The highest BCUT2D eigenvalue weighted by Gasteiger charge is 2.32. The SMILES string of the molecule is CN(c1nc(Cl)ncc1F)C1CCS(=O)(=O)C1. The van der Waals surface area contributed by atoms with Gasteiger partial charge in [-0.25, -0.2) is 17.8 Å². The fraction of sp³-hybridized carbons (Fsp3) is 0.556. The van der Waals surface area contributed by atoms with Crippen LogP contribution in [0.3, 0.4) is 0 Å². The Morgan fingerprint density at radius 3 is 2.88 bits per heavy atom. The van der Waals surface area contributed by atoms with E-state index >= 15 is 0 Å². The van der Waals surface area contributed by atoms with E-state index in [0.717, 1.165) is 6.20 Å². The second-order valence-electron chi connectivity index (χ2n) is 3.98. The maximum atomic E-state index is 13.5. The van der Waals surface area contributed by atoms with Gasteiger partial charge in [0.1, 0.15) is 0 Å². The van der Waals surface area contributed by atoms with E-state index in [9.17, 15) is 12.8 Å². The number of aromatic nitrogens is 2. The highest BCUT2D eigenvalue weighted by Crippen LogP contribution is 2.23. The molecule has 0 radical (unpaired) electrons. The smallest absolute Gasteiger partial charge is 0.224 e. The van der Waals surface area contributed by atoms with E-state index in [4.69, 9.17) is 11.6 Å². The van der Waals surface area contributed by atoms with Crippen molar-refractivity contribution >= 4 is 27.3 Å². The van der Waals surface area contributed by atoms with Gasteiger partial charge in [-0.2, -0.15) is 4.98 Å². The van der Waals surface area contributed by atoms with Gasteiger partial charge in [0.15, 0.2) is 21.5 Å². The maximum Gasteiger partial charge on any atom is 0.224 e. The van der Waals surface area contributed by atoms with E-state index in [-0.39, 0.29) is 28.6 Å². The molecule has 5 nitrogen and oxygen atoms in total. The normalized spacial score (nSPS) is 22.6. The predicted octanol–water partition coefficient (Wildman–Crippen LogP) is 0.892. The van der Waals surface area contributed by atoms with Crippen molar-refractivity contribution in [3.8, 4) is 0 Å². The van der Waals surface area contributed by atoms with Crippen LogP contribution in [0.1, 0.15) is 6.42 Å². The molecule has 1 aliphatic heterocycles. The monoisotopic (exact) mass is 279 g/mol. The minimum absolute atomic E-state index is 0.0184. The predicted molar refractivity (Wildman–Crippen MR) is 62.5 cm³/mol. The van der Waals surface area contributed by atoms with Gasteiger partial charge in [0, 0.05) is 13.1 Å². The molecular formula is C9H11ClFN3O2S. The summed E-state index contributed by atoms with van der Waals surface area (Å²) in [5.74, 6) is -0.430. The van der Waals surface area contributed by atoms with Gasteiger partial charge >= 0.3 is 0 Å². The van der Waals surface area contributed by atoms with Crippen molar-refractivity contribution in [2.45, 2.75) is 12.5 Å². The minimum atomic E-state index is -3.01. The van der Waals surface area contributed by atoms with E-state index < -0.39 is 15.7 Å². The molecule has 2 heterocycles. The molecule has 1 saturated heterocycles. The van der Waals surface area contributed by atoms with Gasteiger partial charge in [0.2, 0.25) is 5.28 Å². The Kier molecular flexibility index (Phi) is 3.22. The van der Waals surface area contributed by atoms with E-state index in [2.05, 4.69) is 9.97 Å². The molecule has 0 aromatic carbocycles. The Hall–Kier alpha value is -0.950. The van der Waals surface area contributed by atoms with Crippen molar-refractivity contribution in [3.63, 3.8) is 0 Å². The van der Waals surface area contributed by atoms with Crippen LogP contribution < -0.4 is 4.90 Å². The molecule has 0 amide bonds. The van der Waals surface area contributed by atoms with Gasteiger partial charge in [-0.1, -0.05) is 0 Å². The maximum absolute atomic E-state index is 13.5. The zero-order valence-corrected chi connectivity index (χ0v) is 10.7. The average molecular weight is 280 g/mol. The molecule has 0 N–H and O–H groups in total. The Morgan fingerprint density at radius 1 is 1.59 bits per heavy atom. The standard InChI is InChI=1S/C9H11ClFN3O2S/c1-14(6-2-3-17(15,16)5-6)8-7(11)4-12-9(10)13-8/h4,6H,2-3,5H2,1H3. The first-order chi connectivity index (χ1) is 7.89. The first-order valence-electron chi connectivity index (χ1n) is 5.00. The van der Waals surface area contributed by atoms with E-state index in [1.54, 1.807) is 7.05 Å². The van der Waals surface area contributed by atoms with Crippen LogP contribution in [0.15, 0.2) is 6.20 Å². The molecule has 1 aromatic rings. The Balaban J connectivity index is 2.26. The highest BCUT2D eigenvalue weighted by molar-refractivity contribution is 7.91. The highest BCUT2D eigenvalue weighted by atomic mass is 35.5. The summed E-state index contributed by atoms with van der Waals surface area (Å²) in [6.07, 6.45) is 1.45. The lowest BCUT2D eigenvalue weighted by atomic mass is 10.2. The third kappa shape index (κ3) is 2.66. The van der Waals surface area contributed by atoms with Crippen molar-refractivity contribution in [1.82, 2.24) is 9.97 Å². The van der Waals surface area contributed by atoms with Crippen LogP contribution in [-0.4, -0.2) is 43.0 Å². The van der Waals surface area contributed by atoms with Crippen LogP contribution >= 0.6 is 11.6 Å². The number of anilines is 1. The van der Waals surface area contributed by atoms with Crippen molar-refractivity contribution in [2.75, 3.05) is 23.5 Å². The molecule has 94 valence electrons. The summed E-state index contributed by atoms with van der Waals surface area (Å²) in [5.41, 5.74) is 0. The number of sulfone groups is 1. The molecule has 1 atom stereocenters. The molecule has 1 aliphatic rings. The quantitative estimate of drug-likeness (QED) is 0.753. The van der Waals surface area contributed by atoms with Crippen molar-refractivity contribution < 1.29 is 12.8 Å². The van der Waals surface area contributed by atoms with E-state index in [1.165, 1.54) is 4.90 Å². The van der Waals surface area contributed by atoms with Crippen molar-refractivity contribution in [3.05, 3.63) is 17.3 Å². The lowest BCUT2D eigenvalue weighted by molar-refractivity contribution is 0.588. The molecule has 1 unspecified atom stereocenters. The fourth-order valence-corrected chi connectivity index (χ4v) is 3.74. The summed E-state index contributed by atoms with van der Waals surface area (Å²) in [7, 11) is -1.41. The van der Waals surface area contributed by atoms with Crippen LogP contribution in [-0.2, 0) is 9.84 Å². The van der Waals surface area contributed by atoms with Crippen LogP contribution in [0.4, 0.5) is 10.2 Å². The summed E-state index contributed by atoms with van der Waals surface area (Å²) in [6, 6.07) is -0.263. The summed E-state index contributed by atoms with van der Waals surface area (Å²) >= 11 is 5.59. The molecule has 1 fully saturated rings. The van der Waals surface area contributed by atoms with E-state index in [0.29, 0.717) is 6.42 Å². The van der Waals surface area contributed by atoms with E-state index in [1.807, 2.05) is 0 Å². The first kappa shape index (κ1) is 12.5. The Labute approximate surface area is 104 Å². The Morgan fingerprint density at radius 2 is 2.29 bits per heavy atom. The number of nitrogens with zero attached hydrogens (tertiary/aromatic N) is 3. The van der Waals surface area contributed by atoms with Gasteiger partial charge in [-0.05, 0) is 18.0 Å². The largest absolute Gasteiger partial charge is 0.353 e. The van der Waals surface area contributed by atoms with Gasteiger partial charge in [0.05, 0.1) is 17.7 Å². The molecule has 17 heavy (non-hydrogen) atoms. The fourth-order valence-electron chi connectivity index (χ4n) is 1.84. The number of halogens is 2. The number of hydrogen-bond acceptors (Lipinski definition) is 5. The molecule has 0 bridgehead atoms. The van der Waals surface area contributed by atoms with Crippen molar-refractivity contribution in [1.29, 1.82) is 0 Å². The van der Waals surface area contributed by atoms with Gasteiger partial charge in [-0.3, -0.25) is 0 Å². The topological polar surface area (TPSA) is 63.2 Å². The lowest BCUT2D eigenvalue weighted by Gasteiger charge is -2.24. The zero-order chi connectivity index (χ0) is 12.6. The third-order valence-electron chi connectivity index (χ3n) is 2.79. The van der Waals surface area contributed by atoms with Crippen LogP contribution in [0.25, 0.3) is 0 Å². The second-order valence-corrected chi connectivity index (χ2v) is 6.55. The molecule has 0 spiro atoms. The minimum Gasteiger partial charge on any atom is -0.353 e. The van der Waals surface area contributed by atoms with Gasteiger partial charge in [0.25, 0.3) is 0 Å². The number of hydrogen-bond donors (Lipinski definition) is 0. The average Bonchev–Trinajstić information content (AvgIpc) is 2.61. The van der Waals surface area contributed by atoms with Crippen LogP contribution in [0.5, 0.6) is 0 Å². The molecule has 2 rings (SSSR count). The first-order valence-corrected chi connectivity index (χ1v) is 7.20. The Bertz CT molecular complexity index is 537. The van der Waals surface area contributed by atoms with Crippen molar-refractivity contribution in [2.24, 2.45) is 0 Å². The summed E-state index contributed by atoms with van der Waals surface area (Å²) in [4.78, 5) is 8.79. The molecule has 0 saturated carbocycles. The number of rotatable bonds is 2. The zero-order valence-electron chi connectivity index (χ0n) is 9.10. The lowest BCUT2D eigenvalue weighted by Crippen LogP contribution is -2.34. The summed E-state index contributed by atoms with van der Waals surface area (Å²) in [6.45, 7) is 0. The summed E-state index contributed by atoms with van der Waals surface area (Å²) < 4.78 is 36.2. The molecule has 8 heteroatoms. The second kappa shape index (κ2) is 4.38. The molecule has 0 aliphatic carbocycles. The summed E-state index contributed by atoms with van der Waals surface area (Å²) in [5, 5.41) is -0.0610. The molecule has 1 aromatic heterocycles. The third-order valence-corrected chi connectivity index (χ3v) is 4.72. The van der Waals surface area contributed by atoms with Gasteiger partial charge < -0.3 is 4.90 Å². The van der Waals surface area contributed by atoms with Crippen LogP contribution in [0.2, 0.25) is 5.28 Å². The van der Waals surface area contributed by atoms with Gasteiger partial charge in [-0.15, -0.1) is 0 Å². The molecular weight excluding hydrogens is 269 g/mol.